The van der Waals surface area contributed by atoms with Crippen molar-refractivity contribution in [2.24, 2.45) is 0 Å². The Morgan fingerprint density at radius 1 is 1.35 bits per heavy atom. The summed E-state index contributed by atoms with van der Waals surface area (Å²) in [5, 5.41) is 3.51. The van der Waals surface area contributed by atoms with E-state index >= 15 is 0 Å². The summed E-state index contributed by atoms with van der Waals surface area (Å²) >= 11 is 0. The molecule has 140 valence electrons. The van der Waals surface area contributed by atoms with Crippen LogP contribution in [0.25, 0.3) is 0 Å². The van der Waals surface area contributed by atoms with Gasteiger partial charge in [0, 0.05) is 39.4 Å². The minimum Gasteiger partial charge on any atom is -0.494 e. The van der Waals surface area contributed by atoms with Gasteiger partial charge in [-0.05, 0) is 43.1 Å². The highest BCUT2D eigenvalue weighted by atomic mass is 19.1. The zero-order valence-corrected chi connectivity index (χ0v) is 15.6. The average Bonchev–Trinajstić information content (AvgIpc) is 2.62. The van der Waals surface area contributed by atoms with E-state index in [1.54, 1.807) is 18.3 Å². The molecule has 2 heterocycles. The topological polar surface area (TPSA) is 53.5 Å². The molecule has 0 aliphatic carbocycles. The summed E-state index contributed by atoms with van der Waals surface area (Å²) < 4.78 is 18.9. The van der Waals surface area contributed by atoms with Crippen molar-refractivity contribution in [2.75, 3.05) is 44.5 Å². The molecule has 26 heavy (non-hydrogen) atoms. The molecule has 7 heteroatoms. The Morgan fingerprint density at radius 2 is 2.19 bits per heavy atom. The standard InChI is InChI=1S/C19H26FN5O/c1-24(2)19-21-9-8-18(23-19)22-15-5-4-10-25(13-15)12-14-6-7-17(26-3)16(20)11-14/h6-9,11,15H,4-5,10,12-13H2,1-3H3,(H,21,22,23). The van der Waals surface area contributed by atoms with Gasteiger partial charge in [0.2, 0.25) is 5.95 Å². The van der Waals surface area contributed by atoms with Crippen LogP contribution < -0.4 is 15.0 Å². The van der Waals surface area contributed by atoms with Crippen LogP contribution in [0.5, 0.6) is 5.75 Å². The number of aromatic nitrogens is 2. The molecule has 1 saturated heterocycles. The lowest BCUT2D eigenvalue weighted by atomic mass is 10.0. The smallest absolute Gasteiger partial charge is 0.226 e. The summed E-state index contributed by atoms with van der Waals surface area (Å²) in [6.07, 6.45) is 3.96. The molecule has 0 amide bonds. The van der Waals surface area contributed by atoms with Crippen LogP contribution in [0.15, 0.2) is 30.5 Å². The largest absolute Gasteiger partial charge is 0.494 e. The van der Waals surface area contributed by atoms with Gasteiger partial charge in [0.05, 0.1) is 7.11 Å². The van der Waals surface area contributed by atoms with E-state index in [0.29, 0.717) is 12.0 Å². The second-order valence-electron chi connectivity index (χ2n) is 6.82. The highest BCUT2D eigenvalue weighted by Crippen LogP contribution is 2.21. The SMILES string of the molecule is COc1ccc(CN2CCCC(Nc3ccnc(N(C)C)n3)C2)cc1F. The van der Waals surface area contributed by atoms with E-state index in [2.05, 4.69) is 20.2 Å². The van der Waals surface area contributed by atoms with Crippen LogP contribution in [-0.2, 0) is 6.54 Å². The minimum atomic E-state index is -0.311. The number of hydrogen-bond acceptors (Lipinski definition) is 6. The zero-order chi connectivity index (χ0) is 18.5. The van der Waals surface area contributed by atoms with Gasteiger partial charge in [0.25, 0.3) is 0 Å². The molecule has 0 spiro atoms. The fourth-order valence-corrected chi connectivity index (χ4v) is 3.24. The predicted molar refractivity (Wildman–Crippen MR) is 101 cm³/mol. The second kappa shape index (κ2) is 8.31. The zero-order valence-electron chi connectivity index (χ0n) is 15.6. The highest BCUT2D eigenvalue weighted by Gasteiger charge is 2.20. The molecule has 0 bridgehead atoms. The molecule has 1 unspecified atom stereocenters. The van der Waals surface area contributed by atoms with E-state index in [1.807, 2.05) is 31.1 Å². The van der Waals surface area contributed by atoms with Crippen LogP contribution in [0.4, 0.5) is 16.2 Å². The lowest BCUT2D eigenvalue weighted by molar-refractivity contribution is 0.208. The number of nitrogens with one attached hydrogen (secondary N) is 1. The maximum atomic E-state index is 13.9. The Kier molecular flexibility index (Phi) is 5.88. The third kappa shape index (κ3) is 4.60. The predicted octanol–water partition coefficient (Wildman–Crippen LogP) is 2.77. The second-order valence-corrected chi connectivity index (χ2v) is 6.82. The molecule has 1 N–H and O–H groups in total. The summed E-state index contributed by atoms with van der Waals surface area (Å²) in [5.74, 6) is 1.50. The van der Waals surface area contributed by atoms with Crippen LogP contribution in [0.2, 0.25) is 0 Å². The molecular formula is C19H26FN5O. The van der Waals surface area contributed by atoms with Crippen molar-refractivity contribution in [3.8, 4) is 5.75 Å². The average molecular weight is 359 g/mol. The molecule has 2 aromatic rings. The number of benzene rings is 1. The summed E-state index contributed by atoms with van der Waals surface area (Å²) in [6, 6.07) is 7.38. The van der Waals surface area contributed by atoms with Gasteiger partial charge >= 0.3 is 0 Å². The summed E-state index contributed by atoms with van der Waals surface area (Å²) in [4.78, 5) is 13.0. The molecule has 3 rings (SSSR count). The maximum absolute atomic E-state index is 13.9. The van der Waals surface area contributed by atoms with E-state index in [9.17, 15) is 4.39 Å². The van der Waals surface area contributed by atoms with E-state index < -0.39 is 0 Å². The molecule has 1 aromatic carbocycles. The summed E-state index contributed by atoms with van der Waals surface area (Å²) in [6.45, 7) is 2.64. The van der Waals surface area contributed by atoms with Gasteiger partial charge in [0.15, 0.2) is 11.6 Å². The van der Waals surface area contributed by atoms with Crippen LogP contribution in [0.1, 0.15) is 18.4 Å². The Morgan fingerprint density at radius 3 is 2.92 bits per heavy atom. The number of halogens is 1. The number of rotatable bonds is 6. The third-order valence-corrected chi connectivity index (χ3v) is 4.52. The fourth-order valence-electron chi connectivity index (χ4n) is 3.24. The van der Waals surface area contributed by atoms with Crippen molar-refractivity contribution in [3.05, 3.63) is 41.8 Å². The van der Waals surface area contributed by atoms with Gasteiger partial charge in [-0.25, -0.2) is 9.37 Å². The van der Waals surface area contributed by atoms with Gasteiger partial charge in [-0.3, -0.25) is 4.90 Å². The van der Waals surface area contributed by atoms with Crippen molar-refractivity contribution < 1.29 is 9.13 Å². The molecule has 0 saturated carbocycles. The van der Waals surface area contributed by atoms with Gasteiger partial charge in [-0.1, -0.05) is 6.07 Å². The molecule has 1 atom stereocenters. The van der Waals surface area contributed by atoms with Crippen LogP contribution >= 0.6 is 0 Å². The molecule has 1 aliphatic heterocycles. The summed E-state index contributed by atoms with van der Waals surface area (Å²) in [7, 11) is 5.33. The van der Waals surface area contributed by atoms with Crippen molar-refractivity contribution in [1.82, 2.24) is 14.9 Å². The van der Waals surface area contributed by atoms with Crippen molar-refractivity contribution >= 4 is 11.8 Å². The molecule has 1 fully saturated rings. The van der Waals surface area contributed by atoms with Crippen LogP contribution in [0, 0.1) is 5.82 Å². The highest BCUT2D eigenvalue weighted by molar-refractivity contribution is 5.41. The van der Waals surface area contributed by atoms with Crippen molar-refractivity contribution in [1.29, 1.82) is 0 Å². The van der Waals surface area contributed by atoms with Gasteiger partial charge in [0.1, 0.15) is 5.82 Å². The van der Waals surface area contributed by atoms with Gasteiger partial charge in [-0.15, -0.1) is 0 Å². The van der Waals surface area contributed by atoms with Crippen molar-refractivity contribution in [3.63, 3.8) is 0 Å². The van der Waals surface area contributed by atoms with Crippen molar-refractivity contribution in [2.45, 2.75) is 25.4 Å². The first-order valence-corrected chi connectivity index (χ1v) is 8.87. The first kappa shape index (κ1) is 18.4. The number of methoxy groups -OCH3 is 1. The Balaban J connectivity index is 1.60. The Bertz CT molecular complexity index is 740. The lowest BCUT2D eigenvalue weighted by Gasteiger charge is -2.33. The fraction of sp³-hybridized carbons (Fsp3) is 0.474. The molecular weight excluding hydrogens is 333 g/mol. The van der Waals surface area contributed by atoms with E-state index in [0.717, 1.165) is 43.9 Å². The van der Waals surface area contributed by atoms with Crippen LogP contribution in [-0.4, -0.2) is 55.2 Å². The molecule has 1 aromatic heterocycles. The number of piperidine rings is 1. The minimum absolute atomic E-state index is 0.285. The number of hydrogen-bond donors (Lipinski definition) is 1. The first-order chi connectivity index (χ1) is 12.5. The monoisotopic (exact) mass is 359 g/mol. The quantitative estimate of drug-likeness (QED) is 0.856. The van der Waals surface area contributed by atoms with Gasteiger partial charge in [-0.2, -0.15) is 4.98 Å². The van der Waals surface area contributed by atoms with E-state index in [1.165, 1.54) is 7.11 Å². The van der Waals surface area contributed by atoms with E-state index in [4.69, 9.17) is 4.74 Å². The normalized spacial score (nSPS) is 17.8. The number of ether oxygens (including phenoxy) is 1. The Labute approximate surface area is 154 Å². The molecule has 0 radical (unpaired) electrons. The first-order valence-electron chi connectivity index (χ1n) is 8.87. The molecule has 6 nitrogen and oxygen atoms in total. The van der Waals surface area contributed by atoms with E-state index in [-0.39, 0.29) is 11.6 Å². The summed E-state index contributed by atoms with van der Waals surface area (Å²) in [5.41, 5.74) is 0.959. The number of likely N-dealkylation sites (tertiary alicyclic amines) is 1. The maximum Gasteiger partial charge on any atom is 0.226 e. The third-order valence-electron chi connectivity index (χ3n) is 4.52. The molecule has 1 aliphatic rings. The number of nitrogens with zero attached hydrogens (tertiary/aromatic N) is 4. The lowest BCUT2D eigenvalue weighted by Crippen LogP contribution is -2.41. The Hall–Kier alpha value is -2.41. The van der Waals surface area contributed by atoms with Crippen LogP contribution in [0.3, 0.4) is 0 Å². The number of anilines is 2. The van der Waals surface area contributed by atoms with Gasteiger partial charge < -0.3 is 15.0 Å².